The number of hydrogen-bond acceptors (Lipinski definition) is 6. The third kappa shape index (κ3) is 3.26. The van der Waals surface area contributed by atoms with Crippen molar-refractivity contribution < 1.29 is 4.79 Å². The summed E-state index contributed by atoms with van der Waals surface area (Å²) in [6, 6.07) is 8.52. The zero-order valence-electron chi connectivity index (χ0n) is 14.4. The van der Waals surface area contributed by atoms with Crippen LogP contribution in [0, 0.1) is 0 Å². The summed E-state index contributed by atoms with van der Waals surface area (Å²) in [4.78, 5) is 22.4. The Kier molecular flexibility index (Phi) is 4.21. The predicted octanol–water partition coefficient (Wildman–Crippen LogP) is 1.10. The van der Waals surface area contributed by atoms with Crippen molar-refractivity contribution in [1.29, 1.82) is 0 Å². The van der Waals surface area contributed by atoms with Gasteiger partial charge in [0.15, 0.2) is 5.82 Å². The number of rotatable bonds is 2. The molecule has 0 saturated carbocycles. The lowest BCUT2D eigenvalue weighted by Gasteiger charge is -2.35. The van der Waals surface area contributed by atoms with Crippen LogP contribution in [0.4, 0.5) is 11.8 Å². The third-order valence-electron chi connectivity index (χ3n) is 5.00. The molecule has 0 radical (unpaired) electrons. The van der Waals surface area contributed by atoms with Crippen LogP contribution in [0.2, 0.25) is 0 Å². The lowest BCUT2D eigenvalue weighted by molar-refractivity contribution is -0.129. The van der Waals surface area contributed by atoms with Crippen LogP contribution in [0.1, 0.15) is 18.1 Å². The fourth-order valence-corrected chi connectivity index (χ4v) is 3.49. The Morgan fingerprint density at radius 3 is 2.52 bits per heavy atom. The maximum Gasteiger partial charge on any atom is 0.247 e. The molecule has 7 nitrogen and oxygen atoms in total. The number of anilines is 2. The molecule has 0 bridgehead atoms. The molecule has 1 saturated heterocycles. The molecule has 4 rings (SSSR count). The van der Waals surface area contributed by atoms with E-state index in [4.69, 9.17) is 4.98 Å². The highest BCUT2D eigenvalue weighted by atomic mass is 16.2. The molecule has 7 heteroatoms. The van der Waals surface area contributed by atoms with Crippen LogP contribution >= 0.6 is 0 Å². The van der Waals surface area contributed by atoms with Crippen molar-refractivity contribution in [2.24, 2.45) is 0 Å². The Bertz CT molecular complexity index is 772. The fraction of sp³-hybridized carbons (Fsp3) is 0.444. The highest BCUT2D eigenvalue weighted by Gasteiger charge is 2.22. The summed E-state index contributed by atoms with van der Waals surface area (Å²) in [5.41, 5.74) is 2.74. The minimum atomic E-state index is 0.133. The van der Waals surface area contributed by atoms with E-state index in [0.717, 1.165) is 51.5 Å². The summed E-state index contributed by atoms with van der Waals surface area (Å²) in [6.45, 7) is 6.35. The van der Waals surface area contributed by atoms with E-state index in [9.17, 15) is 4.79 Å². The van der Waals surface area contributed by atoms with Crippen LogP contribution in [0.5, 0.6) is 0 Å². The number of benzene rings is 1. The Morgan fingerprint density at radius 1 is 1.00 bits per heavy atom. The van der Waals surface area contributed by atoms with Gasteiger partial charge in [0.2, 0.25) is 11.9 Å². The standard InChI is InChI=1S/C18H22N6O/c1-14(25)22-8-10-23(11-9-22)17-12-19-21-18(20-17)24-7-6-15-4-2-3-5-16(15)13-24/h2-5,12H,6-11,13H2,1H3. The molecule has 130 valence electrons. The van der Waals surface area contributed by atoms with Gasteiger partial charge in [0.1, 0.15) is 0 Å². The molecule has 0 unspecified atom stereocenters. The van der Waals surface area contributed by atoms with Gasteiger partial charge in [0, 0.05) is 46.2 Å². The number of amides is 1. The van der Waals surface area contributed by atoms with E-state index in [2.05, 4.69) is 44.3 Å². The van der Waals surface area contributed by atoms with Crippen LogP contribution in [0.25, 0.3) is 0 Å². The van der Waals surface area contributed by atoms with Gasteiger partial charge in [0.05, 0.1) is 6.20 Å². The van der Waals surface area contributed by atoms with Crippen molar-refractivity contribution >= 4 is 17.7 Å². The molecule has 0 aliphatic carbocycles. The zero-order valence-corrected chi connectivity index (χ0v) is 14.4. The van der Waals surface area contributed by atoms with Gasteiger partial charge < -0.3 is 14.7 Å². The normalized spacial score (nSPS) is 17.4. The number of piperazine rings is 1. The lowest BCUT2D eigenvalue weighted by atomic mass is 10.0. The average molecular weight is 338 g/mol. The monoisotopic (exact) mass is 338 g/mol. The molecule has 0 spiro atoms. The Balaban J connectivity index is 1.48. The van der Waals surface area contributed by atoms with E-state index < -0.39 is 0 Å². The maximum absolute atomic E-state index is 11.5. The summed E-state index contributed by atoms with van der Waals surface area (Å²) in [6.07, 6.45) is 2.71. The summed E-state index contributed by atoms with van der Waals surface area (Å²) in [5, 5.41) is 8.42. The summed E-state index contributed by atoms with van der Waals surface area (Å²) < 4.78 is 0. The summed E-state index contributed by atoms with van der Waals surface area (Å²) in [5.74, 6) is 1.65. The van der Waals surface area contributed by atoms with Gasteiger partial charge in [-0.25, -0.2) is 0 Å². The van der Waals surface area contributed by atoms with Crippen molar-refractivity contribution in [3.05, 3.63) is 41.6 Å². The number of nitrogens with zero attached hydrogens (tertiary/aromatic N) is 6. The van der Waals surface area contributed by atoms with Gasteiger partial charge in [0.25, 0.3) is 0 Å². The first-order valence-electron chi connectivity index (χ1n) is 8.72. The van der Waals surface area contributed by atoms with E-state index >= 15 is 0 Å². The van der Waals surface area contributed by atoms with Crippen LogP contribution in [0.15, 0.2) is 30.5 Å². The van der Waals surface area contributed by atoms with E-state index in [-0.39, 0.29) is 5.91 Å². The number of hydrogen-bond donors (Lipinski definition) is 0. The van der Waals surface area contributed by atoms with E-state index in [0.29, 0.717) is 5.95 Å². The molecule has 3 heterocycles. The molecule has 1 amide bonds. The van der Waals surface area contributed by atoms with Gasteiger partial charge in [-0.2, -0.15) is 10.1 Å². The second-order valence-electron chi connectivity index (χ2n) is 6.55. The van der Waals surface area contributed by atoms with Crippen LogP contribution < -0.4 is 9.80 Å². The number of aromatic nitrogens is 3. The Labute approximate surface area is 147 Å². The van der Waals surface area contributed by atoms with Gasteiger partial charge in [-0.15, -0.1) is 5.10 Å². The minimum Gasteiger partial charge on any atom is -0.352 e. The highest BCUT2D eigenvalue weighted by molar-refractivity contribution is 5.73. The van der Waals surface area contributed by atoms with Crippen LogP contribution in [-0.4, -0.2) is 58.7 Å². The van der Waals surface area contributed by atoms with E-state index in [1.54, 1.807) is 13.1 Å². The molecule has 1 fully saturated rings. The first-order valence-corrected chi connectivity index (χ1v) is 8.72. The number of carbonyl (C=O) groups is 1. The molecule has 0 atom stereocenters. The minimum absolute atomic E-state index is 0.133. The van der Waals surface area contributed by atoms with E-state index in [1.807, 2.05) is 4.90 Å². The van der Waals surface area contributed by atoms with E-state index in [1.165, 1.54) is 11.1 Å². The quantitative estimate of drug-likeness (QED) is 0.817. The molecule has 1 aromatic carbocycles. The van der Waals surface area contributed by atoms with Gasteiger partial charge in [-0.1, -0.05) is 24.3 Å². The topological polar surface area (TPSA) is 65.5 Å². The SMILES string of the molecule is CC(=O)N1CCN(c2cnnc(N3CCc4ccccc4C3)n2)CC1. The predicted molar refractivity (Wildman–Crippen MR) is 95.5 cm³/mol. The van der Waals surface area contributed by atoms with Crippen molar-refractivity contribution in [1.82, 2.24) is 20.1 Å². The number of fused-ring (bicyclic) bond motifs is 1. The first kappa shape index (κ1) is 15.8. The summed E-state index contributed by atoms with van der Waals surface area (Å²) >= 11 is 0. The Hall–Kier alpha value is -2.70. The zero-order chi connectivity index (χ0) is 17.2. The number of carbonyl (C=O) groups excluding carboxylic acids is 1. The third-order valence-corrected chi connectivity index (χ3v) is 5.00. The van der Waals surface area contributed by atoms with Crippen LogP contribution in [0.3, 0.4) is 0 Å². The Morgan fingerprint density at radius 2 is 1.76 bits per heavy atom. The van der Waals surface area contributed by atoms with Crippen LogP contribution in [-0.2, 0) is 17.8 Å². The van der Waals surface area contributed by atoms with Crippen molar-refractivity contribution in [3.8, 4) is 0 Å². The smallest absolute Gasteiger partial charge is 0.247 e. The van der Waals surface area contributed by atoms with Gasteiger partial charge in [-0.3, -0.25) is 4.79 Å². The highest BCUT2D eigenvalue weighted by Crippen LogP contribution is 2.23. The molecule has 0 N–H and O–H groups in total. The van der Waals surface area contributed by atoms with Gasteiger partial charge >= 0.3 is 0 Å². The maximum atomic E-state index is 11.5. The van der Waals surface area contributed by atoms with Crippen molar-refractivity contribution in [2.75, 3.05) is 42.5 Å². The molecule has 25 heavy (non-hydrogen) atoms. The van der Waals surface area contributed by atoms with Crippen molar-refractivity contribution in [2.45, 2.75) is 19.9 Å². The second kappa shape index (κ2) is 6.66. The van der Waals surface area contributed by atoms with Gasteiger partial charge in [-0.05, 0) is 17.5 Å². The largest absolute Gasteiger partial charge is 0.352 e. The molecule has 2 aliphatic rings. The second-order valence-corrected chi connectivity index (χ2v) is 6.55. The molecular formula is C18H22N6O. The first-order chi connectivity index (χ1) is 12.2. The summed E-state index contributed by atoms with van der Waals surface area (Å²) in [7, 11) is 0. The molecular weight excluding hydrogens is 316 g/mol. The van der Waals surface area contributed by atoms with Crippen molar-refractivity contribution in [3.63, 3.8) is 0 Å². The average Bonchev–Trinajstić information content (AvgIpc) is 2.68. The molecule has 1 aromatic heterocycles. The lowest BCUT2D eigenvalue weighted by Crippen LogP contribution is -2.48. The molecule has 2 aromatic rings. The fourth-order valence-electron chi connectivity index (χ4n) is 3.49. The molecule has 2 aliphatic heterocycles.